The van der Waals surface area contributed by atoms with E-state index in [4.69, 9.17) is 5.73 Å². The summed E-state index contributed by atoms with van der Waals surface area (Å²) < 4.78 is 2.81. The van der Waals surface area contributed by atoms with E-state index in [0.717, 1.165) is 23.1 Å². The number of nitrogens with two attached hydrogens (primary N) is 1. The Labute approximate surface area is 109 Å². The fraction of sp³-hybridized carbons (Fsp3) is 0.308. The first kappa shape index (κ1) is 11.0. The molecule has 0 spiro atoms. The standard InChI is InChI=1S/C13H14BrN3/c14-12-6-9-16-17(12)11-4-2-10(3-5-11)13(15)7-1-8-13/h2-6,9H,1,7-8,15H2. The molecule has 0 bridgehead atoms. The summed E-state index contributed by atoms with van der Waals surface area (Å²) in [6.45, 7) is 0. The third-order valence-electron chi connectivity index (χ3n) is 3.53. The van der Waals surface area contributed by atoms with E-state index in [-0.39, 0.29) is 5.54 Å². The van der Waals surface area contributed by atoms with Gasteiger partial charge in [-0.15, -0.1) is 0 Å². The molecule has 1 aliphatic carbocycles. The lowest BCUT2D eigenvalue weighted by molar-refractivity contribution is 0.253. The number of nitrogens with zero attached hydrogens (tertiary/aromatic N) is 2. The Hall–Kier alpha value is -1.13. The van der Waals surface area contributed by atoms with Crippen LogP contribution in [-0.4, -0.2) is 9.78 Å². The molecule has 1 aromatic carbocycles. The van der Waals surface area contributed by atoms with Crippen molar-refractivity contribution in [1.82, 2.24) is 9.78 Å². The van der Waals surface area contributed by atoms with Crippen LogP contribution in [-0.2, 0) is 5.54 Å². The van der Waals surface area contributed by atoms with E-state index < -0.39 is 0 Å². The van der Waals surface area contributed by atoms with Crippen molar-refractivity contribution in [2.45, 2.75) is 24.8 Å². The average molecular weight is 292 g/mol. The second kappa shape index (κ2) is 3.96. The molecule has 3 nitrogen and oxygen atoms in total. The minimum Gasteiger partial charge on any atom is -0.321 e. The molecule has 1 aliphatic rings. The molecule has 1 fully saturated rings. The molecule has 2 N–H and O–H groups in total. The van der Waals surface area contributed by atoms with Gasteiger partial charge in [0.25, 0.3) is 0 Å². The molecule has 2 aromatic rings. The topological polar surface area (TPSA) is 43.8 Å². The SMILES string of the molecule is NC1(c2ccc(-n3nccc3Br)cc2)CCC1. The Morgan fingerprint density at radius 1 is 1.18 bits per heavy atom. The van der Waals surface area contributed by atoms with Crippen LogP contribution in [0.4, 0.5) is 0 Å². The summed E-state index contributed by atoms with van der Waals surface area (Å²) in [5.41, 5.74) is 8.49. The maximum atomic E-state index is 6.29. The summed E-state index contributed by atoms with van der Waals surface area (Å²) in [5.74, 6) is 0. The highest BCUT2D eigenvalue weighted by atomic mass is 79.9. The van der Waals surface area contributed by atoms with E-state index in [1.165, 1.54) is 12.0 Å². The molecule has 4 heteroatoms. The zero-order valence-corrected chi connectivity index (χ0v) is 11.0. The van der Waals surface area contributed by atoms with Crippen LogP contribution in [0.1, 0.15) is 24.8 Å². The van der Waals surface area contributed by atoms with Crippen molar-refractivity contribution in [1.29, 1.82) is 0 Å². The molecule has 0 atom stereocenters. The number of hydrogen-bond donors (Lipinski definition) is 1. The Balaban J connectivity index is 1.93. The van der Waals surface area contributed by atoms with Crippen molar-refractivity contribution in [3.8, 4) is 5.69 Å². The lowest BCUT2D eigenvalue weighted by Gasteiger charge is -2.38. The van der Waals surface area contributed by atoms with Gasteiger partial charge in [-0.05, 0) is 59.0 Å². The van der Waals surface area contributed by atoms with Crippen molar-refractivity contribution >= 4 is 15.9 Å². The highest BCUT2D eigenvalue weighted by molar-refractivity contribution is 9.10. The molecule has 1 heterocycles. The van der Waals surface area contributed by atoms with Crippen LogP contribution in [0.2, 0.25) is 0 Å². The van der Waals surface area contributed by atoms with Gasteiger partial charge in [-0.25, -0.2) is 4.68 Å². The largest absolute Gasteiger partial charge is 0.321 e. The highest BCUT2D eigenvalue weighted by Crippen LogP contribution is 2.38. The van der Waals surface area contributed by atoms with Gasteiger partial charge < -0.3 is 5.73 Å². The lowest BCUT2D eigenvalue weighted by Crippen LogP contribution is -2.43. The summed E-state index contributed by atoms with van der Waals surface area (Å²) in [6, 6.07) is 10.3. The Kier molecular flexibility index (Phi) is 2.56. The van der Waals surface area contributed by atoms with Crippen LogP contribution >= 0.6 is 15.9 Å². The molecular formula is C13H14BrN3. The van der Waals surface area contributed by atoms with E-state index >= 15 is 0 Å². The van der Waals surface area contributed by atoms with E-state index in [1.54, 1.807) is 6.20 Å². The van der Waals surface area contributed by atoms with E-state index in [9.17, 15) is 0 Å². The third kappa shape index (κ3) is 1.81. The zero-order chi connectivity index (χ0) is 11.9. The molecule has 1 aromatic heterocycles. The van der Waals surface area contributed by atoms with Gasteiger partial charge >= 0.3 is 0 Å². The van der Waals surface area contributed by atoms with Gasteiger partial charge in [0.05, 0.1) is 11.9 Å². The summed E-state index contributed by atoms with van der Waals surface area (Å²) >= 11 is 3.46. The summed E-state index contributed by atoms with van der Waals surface area (Å²) in [5, 5.41) is 4.25. The lowest BCUT2D eigenvalue weighted by atomic mass is 9.73. The van der Waals surface area contributed by atoms with Gasteiger partial charge in [-0.3, -0.25) is 0 Å². The Morgan fingerprint density at radius 3 is 2.35 bits per heavy atom. The van der Waals surface area contributed by atoms with Gasteiger partial charge in [0, 0.05) is 5.54 Å². The maximum absolute atomic E-state index is 6.29. The van der Waals surface area contributed by atoms with Gasteiger partial charge in [0.2, 0.25) is 0 Å². The van der Waals surface area contributed by atoms with Crippen LogP contribution < -0.4 is 5.73 Å². The molecule has 0 unspecified atom stereocenters. The Morgan fingerprint density at radius 2 is 1.88 bits per heavy atom. The molecule has 17 heavy (non-hydrogen) atoms. The normalized spacial score (nSPS) is 17.8. The molecule has 0 amide bonds. The minimum atomic E-state index is -0.0835. The zero-order valence-electron chi connectivity index (χ0n) is 9.44. The highest BCUT2D eigenvalue weighted by Gasteiger charge is 2.34. The fourth-order valence-electron chi connectivity index (χ4n) is 2.26. The van der Waals surface area contributed by atoms with Gasteiger partial charge in [0.1, 0.15) is 4.60 Å². The van der Waals surface area contributed by atoms with Crippen LogP contribution in [0.25, 0.3) is 5.69 Å². The number of rotatable bonds is 2. The molecule has 0 radical (unpaired) electrons. The molecule has 3 rings (SSSR count). The van der Waals surface area contributed by atoms with Crippen molar-refractivity contribution in [3.05, 3.63) is 46.7 Å². The van der Waals surface area contributed by atoms with Gasteiger partial charge in [-0.1, -0.05) is 12.1 Å². The van der Waals surface area contributed by atoms with Crippen LogP contribution in [0.3, 0.4) is 0 Å². The van der Waals surface area contributed by atoms with Crippen LogP contribution in [0.15, 0.2) is 41.1 Å². The summed E-state index contributed by atoms with van der Waals surface area (Å²) in [7, 11) is 0. The smallest absolute Gasteiger partial charge is 0.109 e. The summed E-state index contributed by atoms with van der Waals surface area (Å²) in [6.07, 6.45) is 5.20. The van der Waals surface area contributed by atoms with E-state index in [0.29, 0.717) is 0 Å². The second-order valence-corrected chi connectivity index (χ2v) is 5.43. The van der Waals surface area contributed by atoms with Crippen LogP contribution in [0.5, 0.6) is 0 Å². The van der Waals surface area contributed by atoms with Crippen LogP contribution in [0, 0.1) is 0 Å². The monoisotopic (exact) mass is 291 g/mol. The first-order valence-corrected chi connectivity index (χ1v) is 6.58. The maximum Gasteiger partial charge on any atom is 0.109 e. The predicted molar refractivity (Wildman–Crippen MR) is 71.0 cm³/mol. The number of benzene rings is 1. The number of hydrogen-bond acceptors (Lipinski definition) is 2. The van der Waals surface area contributed by atoms with E-state index in [1.807, 2.05) is 10.7 Å². The molecule has 0 saturated heterocycles. The summed E-state index contributed by atoms with van der Waals surface area (Å²) in [4.78, 5) is 0. The third-order valence-corrected chi connectivity index (χ3v) is 4.13. The quantitative estimate of drug-likeness (QED) is 0.924. The molecule has 0 aliphatic heterocycles. The second-order valence-electron chi connectivity index (χ2n) is 4.62. The Bertz CT molecular complexity index is 526. The molecule has 1 saturated carbocycles. The van der Waals surface area contributed by atoms with E-state index in [2.05, 4.69) is 45.3 Å². The fourth-order valence-corrected chi connectivity index (χ4v) is 2.67. The van der Waals surface area contributed by atoms with Crippen molar-refractivity contribution in [3.63, 3.8) is 0 Å². The predicted octanol–water partition coefficient (Wildman–Crippen LogP) is 2.97. The first-order valence-electron chi connectivity index (χ1n) is 5.78. The minimum absolute atomic E-state index is 0.0835. The average Bonchev–Trinajstić information content (AvgIpc) is 2.73. The molecular weight excluding hydrogens is 278 g/mol. The van der Waals surface area contributed by atoms with Crippen molar-refractivity contribution < 1.29 is 0 Å². The van der Waals surface area contributed by atoms with Crippen molar-refractivity contribution in [2.24, 2.45) is 5.73 Å². The number of aromatic nitrogens is 2. The van der Waals surface area contributed by atoms with Gasteiger partial charge in [0.15, 0.2) is 0 Å². The van der Waals surface area contributed by atoms with Gasteiger partial charge in [-0.2, -0.15) is 5.10 Å². The first-order chi connectivity index (χ1) is 8.19. The molecule has 88 valence electrons. The van der Waals surface area contributed by atoms with Crippen molar-refractivity contribution in [2.75, 3.05) is 0 Å². The number of halogens is 1.